The summed E-state index contributed by atoms with van der Waals surface area (Å²) in [7, 11) is 2.16. The Balaban J connectivity index is 2.56. The van der Waals surface area contributed by atoms with Crippen LogP contribution < -0.4 is 14.8 Å². The van der Waals surface area contributed by atoms with Crippen molar-refractivity contribution in [2.45, 2.75) is 45.8 Å². The van der Waals surface area contributed by atoms with Gasteiger partial charge in [-0.25, -0.2) is 4.79 Å². The molecule has 0 bridgehead atoms. The van der Waals surface area contributed by atoms with Gasteiger partial charge in [0.1, 0.15) is 0 Å². The second-order valence-corrected chi connectivity index (χ2v) is 7.82. The van der Waals surface area contributed by atoms with E-state index in [9.17, 15) is 14.7 Å². The van der Waals surface area contributed by atoms with Gasteiger partial charge in [-0.05, 0) is 50.9 Å². The lowest BCUT2D eigenvalue weighted by molar-refractivity contribution is -0.118. The molecule has 8 nitrogen and oxygen atoms in total. The summed E-state index contributed by atoms with van der Waals surface area (Å²) >= 11 is 0. The first-order valence-electron chi connectivity index (χ1n) is 9.21. The smallest absolute Gasteiger partial charge is 0.492 e. The molecule has 0 spiro atoms. The summed E-state index contributed by atoms with van der Waals surface area (Å²) < 4.78 is 22.7. The molecule has 0 atom stereocenters. The lowest BCUT2D eigenvalue weighted by atomic mass is 9.76. The Morgan fingerprint density at radius 1 is 1.10 bits per heavy atom. The minimum atomic E-state index is -1.12. The molecule has 1 aliphatic heterocycles. The molecule has 0 unspecified atom stereocenters. The first-order chi connectivity index (χ1) is 13.4. The Morgan fingerprint density at radius 2 is 1.62 bits per heavy atom. The van der Waals surface area contributed by atoms with E-state index in [2.05, 4.69) is 5.32 Å². The molecule has 2 N–H and O–H groups in total. The fourth-order valence-electron chi connectivity index (χ4n) is 2.82. The zero-order chi connectivity index (χ0) is 22.0. The van der Waals surface area contributed by atoms with Crippen LogP contribution in [0.5, 0.6) is 11.5 Å². The standard InChI is InChI=1S/C20H28BNO7/c1-12(23)22-11-14(21-28-19(2,3)20(4,5)29-21)8-13-9-16(26-6)17(27-7)10-15(13)18(24)25/h8-10H,11H2,1-7H3,(H,22,23)(H,24,25). The molecule has 1 heterocycles. The monoisotopic (exact) mass is 405 g/mol. The van der Waals surface area contributed by atoms with E-state index in [0.717, 1.165) is 0 Å². The Hall–Kier alpha value is -2.52. The van der Waals surface area contributed by atoms with Crippen LogP contribution in [0, 0.1) is 0 Å². The number of nitrogens with one attached hydrogen (secondary N) is 1. The summed E-state index contributed by atoms with van der Waals surface area (Å²) in [5.74, 6) is -0.652. The highest BCUT2D eigenvalue weighted by molar-refractivity contribution is 6.56. The first kappa shape index (κ1) is 22.8. The van der Waals surface area contributed by atoms with Crippen molar-refractivity contribution in [3.8, 4) is 11.5 Å². The summed E-state index contributed by atoms with van der Waals surface area (Å²) in [5, 5.41) is 12.4. The number of aromatic carboxylic acids is 1. The van der Waals surface area contributed by atoms with E-state index < -0.39 is 24.3 Å². The summed E-state index contributed by atoms with van der Waals surface area (Å²) in [5.41, 5.74) is -0.182. The molecule has 0 aromatic heterocycles. The Kier molecular flexibility index (Phi) is 6.65. The van der Waals surface area contributed by atoms with Crippen LogP contribution in [0.15, 0.2) is 17.6 Å². The van der Waals surface area contributed by atoms with Gasteiger partial charge in [0.05, 0.1) is 31.0 Å². The molecule has 0 aliphatic carbocycles. The van der Waals surface area contributed by atoms with Crippen molar-refractivity contribution in [2.24, 2.45) is 0 Å². The van der Waals surface area contributed by atoms with Gasteiger partial charge in [-0.3, -0.25) is 4.79 Å². The summed E-state index contributed by atoms with van der Waals surface area (Å²) in [6.07, 6.45) is 1.64. The van der Waals surface area contributed by atoms with E-state index in [0.29, 0.717) is 22.5 Å². The molecule has 1 amide bonds. The van der Waals surface area contributed by atoms with E-state index in [-0.39, 0.29) is 18.0 Å². The van der Waals surface area contributed by atoms with Gasteiger partial charge in [0, 0.05) is 13.5 Å². The number of carboxylic acid groups (broad SMARTS) is 1. The molecule has 2 rings (SSSR count). The van der Waals surface area contributed by atoms with Crippen molar-refractivity contribution in [3.63, 3.8) is 0 Å². The molecule has 29 heavy (non-hydrogen) atoms. The Bertz CT molecular complexity index is 816. The fraction of sp³-hybridized carbons (Fsp3) is 0.500. The second-order valence-electron chi connectivity index (χ2n) is 7.82. The first-order valence-corrected chi connectivity index (χ1v) is 9.21. The van der Waals surface area contributed by atoms with Crippen molar-refractivity contribution in [3.05, 3.63) is 28.7 Å². The minimum Gasteiger partial charge on any atom is -0.493 e. The second kappa shape index (κ2) is 8.46. The molecule has 1 aromatic rings. The number of carbonyl (C=O) groups excluding carboxylic acids is 1. The van der Waals surface area contributed by atoms with Gasteiger partial charge >= 0.3 is 13.1 Å². The number of amides is 1. The average molecular weight is 405 g/mol. The lowest BCUT2D eigenvalue weighted by Gasteiger charge is -2.32. The van der Waals surface area contributed by atoms with Crippen LogP contribution in [0.4, 0.5) is 0 Å². The normalized spacial score (nSPS) is 17.8. The molecule has 0 saturated carbocycles. The third kappa shape index (κ3) is 4.91. The zero-order valence-corrected chi connectivity index (χ0v) is 17.9. The highest BCUT2D eigenvalue weighted by Gasteiger charge is 2.52. The van der Waals surface area contributed by atoms with E-state index in [1.54, 1.807) is 12.1 Å². The molecular formula is C20H28BNO7. The van der Waals surface area contributed by atoms with Gasteiger partial charge in [0.15, 0.2) is 11.5 Å². The van der Waals surface area contributed by atoms with Crippen molar-refractivity contribution >= 4 is 25.1 Å². The number of carbonyl (C=O) groups is 2. The SMILES string of the molecule is COc1cc(C=C(CNC(C)=O)B2OC(C)(C)C(C)(C)O2)c(C(=O)O)cc1OC. The van der Waals surface area contributed by atoms with Crippen molar-refractivity contribution in [2.75, 3.05) is 20.8 Å². The van der Waals surface area contributed by atoms with Crippen molar-refractivity contribution < 1.29 is 33.5 Å². The summed E-state index contributed by atoms with van der Waals surface area (Å²) in [4.78, 5) is 23.3. The zero-order valence-electron chi connectivity index (χ0n) is 17.9. The molecule has 1 saturated heterocycles. The maximum absolute atomic E-state index is 11.8. The molecule has 158 valence electrons. The van der Waals surface area contributed by atoms with Gasteiger partial charge in [-0.1, -0.05) is 6.08 Å². The minimum absolute atomic E-state index is 0.0273. The summed E-state index contributed by atoms with van der Waals surface area (Å²) in [6.45, 7) is 9.22. The van der Waals surface area contributed by atoms with Crippen molar-refractivity contribution in [1.82, 2.24) is 5.32 Å². The molecular weight excluding hydrogens is 377 g/mol. The van der Waals surface area contributed by atoms with Crippen LogP contribution in [-0.2, 0) is 14.1 Å². The van der Waals surface area contributed by atoms with E-state index >= 15 is 0 Å². The Labute approximate surface area is 171 Å². The number of hydrogen-bond acceptors (Lipinski definition) is 6. The van der Waals surface area contributed by atoms with Crippen LogP contribution in [0.25, 0.3) is 6.08 Å². The van der Waals surface area contributed by atoms with Crippen LogP contribution in [0.2, 0.25) is 0 Å². The predicted molar refractivity (Wildman–Crippen MR) is 109 cm³/mol. The molecule has 1 fully saturated rings. The molecule has 0 radical (unpaired) electrons. The maximum Gasteiger partial charge on any atom is 0.492 e. The van der Waals surface area contributed by atoms with Gasteiger partial charge < -0.3 is 29.2 Å². The summed E-state index contributed by atoms with van der Waals surface area (Å²) in [6, 6.07) is 2.97. The van der Waals surface area contributed by atoms with Crippen LogP contribution in [0.3, 0.4) is 0 Å². The Morgan fingerprint density at radius 3 is 2.07 bits per heavy atom. The van der Waals surface area contributed by atoms with E-state index in [1.165, 1.54) is 27.2 Å². The van der Waals surface area contributed by atoms with Gasteiger partial charge in [0.25, 0.3) is 0 Å². The topological polar surface area (TPSA) is 103 Å². The van der Waals surface area contributed by atoms with Gasteiger partial charge in [0.2, 0.25) is 5.91 Å². The van der Waals surface area contributed by atoms with Gasteiger partial charge in [-0.15, -0.1) is 0 Å². The maximum atomic E-state index is 11.8. The average Bonchev–Trinajstić information content (AvgIpc) is 2.84. The molecule has 1 aromatic carbocycles. The van der Waals surface area contributed by atoms with E-state index in [4.69, 9.17) is 18.8 Å². The van der Waals surface area contributed by atoms with Gasteiger partial charge in [-0.2, -0.15) is 0 Å². The number of carboxylic acids is 1. The van der Waals surface area contributed by atoms with Crippen molar-refractivity contribution in [1.29, 1.82) is 0 Å². The fourth-order valence-corrected chi connectivity index (χ4v) is 2.82. The third-order valence-corrected chi connectivity index (χ3v) is 5.22. The predicted octanol–water partition coefficient (Wildman–Crippen LogP) is 2.55. The largest absolute Gasteiger partial charge is 0.493 e. The van der Waals surface area contributed by atoms with Crippen LogP contribution in [0.1, 0.15) is 50.5 Å². The number of methoxy groups -OCH3 is 2. The third-order valence-electron chi connectivity index (χ3n) is 5.22. The number of hydrogen-bond donors (Lipinski definition) is 2. The lowest BCUT2D eigenvalue weighted by Crippen LogP contribution is -2.41. The number of benzene rings is 1. The highest BCUT2D eigenvalue weighted by atomic mass is 16.7. The molecule has 9 heteroatoms. The van der Waals surface area contributed by atoms with Crippen LogP contribution >= 0.6 is 0 Å². The molecule has 1 aliphatic rings. The van der Waals surface area contributed by atoms with E-state index in [1.807, 2.05) is 27.7 Å². The van der Waals surface area contributed by atoms with Crippen LogP contribution in [-0.4, -0.2) is 56.1 Å². The number of rotatable bonds is 7. The number of ether oxygens (including phenoxy) is 2. The quantitative estimate of drug-likeness (QED) is 0.672. The highest BCUT2D eigenvalue weighted by Crippen LogP contribution is 2.39.